The zero-order valence-electron chi connectivity index (χ0n) is 17.4. The summed E-state index contributed by atoms with van der Waals surface area (Å²) in [5, 5.41) is 10.2. The molecule has 5 aromatic rings. The number of aromatic hydroxyl groups is 1. The number of phenols is 1. The SMILES string of the molecule is Oc1cccc(-[n+]2c(-c3ccccc3)cc(-c3ccccc3)cc2-c2ccccc2)c1.[I-]. The zero-order valence-corrected chi connectivity index (χ0v) is 19.6. The average Bonchev–Trinajstić information content (AvgIpc) is 2.85. The van der Waals surface area contributed by atoms with Crippen LogP contribution in [-0.4, -0.2) is 5.11 Å². The van der Waals surface area contributed by atoms with Crippen LogP contribution < -0.4 is 28.5 Å². The molecule has 0 saturated heterocycles. The molecule has 0 fully saturated rings. The maximum absolute atomic E-state index is 10.2. The summed E-state index contributed by atoms with van der Waals surface area (Å²) in [7, 11) is 0. The highest BCUT2D eigenvalue weighted by atomic mass is 127. The van der Waals surface area contributed by atoms with Crippen molar-refractivity contribution >= 4 is 0 Å². The second-order valence-corrected chi connectivity index (χ2v) is 7.47. The molecule has 0 amide bonds. The van der Waals surface area contributed by atoms with Crippen molar-refractivity contribution in [3.8, 4) is 45.1 Å². The number of halogens is 1. The van der Waals surface area contributed by atoms with Crippen LogP contribution in [0.25, 0.3) is 39.3 Å². The summed E-state index contributed by atoms with van der Waals surface area (Å²) in [5.41, 5.74) is 7.58. The number of pyridine rings is 1. The van der Waals surface area contributed by atoms with Gasteiger partial charge in [0.1, 0.15) is 5.75 Å². The highest BCUT2D eigenvalue weighted by Crippen LogP contribution is 2.30. The van der Waals surface area contributed by atoms with Crippen LogP contribution in [0.5, 0.6) is 5.75 Å². The van der Waals surface area contributed by atoms with Crippen molar-refractivity contribution < 1.29 is 33.7 Å². The molecule has 0 bridgehead atoms. The molecule has 3 heteroatoms. The molecule has 4 aromatic carbocycles. The van der Waals surface area contributed by atoms with E-state index in [-0.39, 0.29) is 29.7 Å². The van der Waals surface area contributed by atoms with Crippen LogP contribution in [0, 0.1) is 0 Å². The Labute approximate surface area is 205 Å². The van der Waals surface area contributed by atoms with E-state index in [2.05, 4.69) is 89.5 Å². The van der Waals surface area contributed by atoms with E-state index in [1.54, 1.807) is 12.1 Å². The van der Waals surface area contributed by atoms with Crippen molar-refractivity contribution in [3.63, 3.8) is 0 Å². The van der Waals surface area contributed by atoms with Gasteiger partial charge >= 0.3 is 0 Å². The lowest BCUT2D eigenvalue weighted by Crippen LogP contribution is -3.00. The standard InChI is InChI=1S/C29H21NO.HI/c31-27-18-10-17-26(21-27)30-28(23-13-6-2-7-14-23)19-25(22-11-4-1-5-12-22)20-29(30)24-15-8-3-9-16-24;/h1-21H;1H. The lowest BCUT2D eigenvalue weighted by molar-refractivity contribution is -0.572. The molecule has 5 rings (SSSR count). The molecule has 1 heterocycles. The second-order valence-electron chi connectivity index (χ2n) is 7.47. The summed E-state index contributed by atoms with van der Waals surface area (Å²) < 4.78 is 2.22. The fraction of sp³-hybridized carbons (Fsp3) is 0. The predicted molar refractivity (Wildman–Crippen MR) is 126 cm³/mol. The van der Waals surface area contributed by atoms with Gasteiger partial charge in [0, 0.05) is 29.3 Å². The van der Waals surface area contributed by atoms with Crippen molar-refractivity contribution in [1.29, 1.82) is 0 Å². The number of phenolic OH excluding ortho intramolecular Hbond substituents is 1. The molecule has 0 aliphatic heterocycles. The van der Waals surface area contributed by atoms with E-state index >= 15 is 0 Å². The van der Waals surface area contributed by atoms with Gasteiger partial charge in [-0.3, -0.25) is 0 Å². The van der Waals surface area contributed by atoms with Gasteiger partial charge in [0.25, 0.3) is 0 Å². The van der Waals surface area contributed by atoms with E-state index in [0.29, 0.717) is 0 Å². The number of hydrogen-bond donors (Lipinski definition) is 1. The fourth-order valence-corrected chi connectivity index (χ4v) is 3.95. The first-order valence-electron chi connectivity index (χ1n) is 10.4. The summed E-state index contributed by atoms with van der Waals surface area (Å²) in [4.78, 5) is 0. The molecule has 156 valence electrons. The van der Waals surface area contributed by atoms with Crippen LogP contribution in [0.1, 0.15) is 0 Å². The van der Waals surface area contributed by atoms with Crippen LogP contribution in [0.3, 0.4) is 0 Å². The van der Waals surface area contributed by atoms with E-state index in [4.69, 9.17) is 0 Å². The maximum Gasteiger partial charge on any atom is 0.219 e. The maximum atomic E-state index is 10.2. The number of nitrogens with zero attached hydrogens (tertiary/aromatic N) is 1. The van der Waals surface area contributed by atoms with Gasteiger partial charge in [-0.25, -0.2) is 0 Å². The van der Waals surface area contributed by atoms with Crippen LogP contribution in [0.15, 0.2) is 127 Å². The van der Waals surface area contributed by atoms with Gasteiger partial charge in [-0.2, -0.15) is 4.57 Å². The number of aromatic nitrogens is 1. The summed E-state index contributed by atoms with van der Waals surface area (Å²) >= 11 is 0. The molecule has 0 aliphatic rings. The Bertz CT molecular complexity index is 1260. The van der Waals surface area contributed by atoms with Gasteiger partial charge < -0.3 is 29.1 Å². The van der Waals surface area contributed by atoms with Gasteiger partial charge in [0.15, 0.2) is 0 Å². The Kier molecular flexibility index (Phi) is 6.66. The second kappa shape index (κ2) is 9.79. The number of rotatable bonds is 4. The predicted octanol–water partition coefficient (Wildman–Crippen LogP) is 3.67. The van der Waals surface area contributed by atoms with E-state index < -0.39 is 0 Å². The molecule has 0 atom stereocenters. The molecule has 0 radical (unpaired) electrons. The lowest BCUT2D eigenvalue weighted by atomic mass is 9.98. The summed E-state index contributed by atoms with van der Waals surface area (Å²) in [6, 6.07) is 43.1. The first kappa shape index (κ1) is 21.8. The Balaban J connectivity index is 0.00000245. The van der Waals surface area contributed by atoms with E-state index in [1.165, 1.54) is 5.56 Å². The minimum atomic E-state index is 0. The topological polar surface area (TPSA) is 24.1 Å². The highest BCUT2D eigenvalue weighted by molar-refractivity contribution is 5.74. The molecule has 1 aromatic heterocycles. The van der Waals surface area contributed by atoms with Crippen molar-refractivity contribution in [3.05, 3.63) is 127 Å². The minimum Gasteiger partial charge on any atom is -1.00 e. The summed E-state index contributed by atoms with van der Waals surface area (Å²) in [6.07, 6.45) is 0. The third-order valence-corrected chi connectivity index (χ3v) is 5.40. The Hall–Kier alpha value is -3.44. The third kappa shape index (κ3) is 4.43. The van der Waals surface area contributed by atoms with Gasteiger partial charge in [0.05, 0.1) is 6.07 Å². The number of benzene rings is 4. The van der Waals surface area contributed by atoms with Crippen molar-refractivity contribution in [2.75, 3.05) is 0 Å². The Morgan fingerprint density at radius 3 is 1.38 bits per heavy atom. The minimum absolute atomic E-state index is 0. The quantitative estimate of drug-likeness (QED) is 0.280. The number of hydrogen-bond acceptors (Lipinski definition) is 1. The van der Waals surface area contributed by atoms with Crippen LogP contribution in [0.2, 0.25) is 0 Å². The largest absolute Gasteiger partial charge is 1.00 e. The zero-order chi connectivity index (χ0) is 21.0. The molecule has 2 nitrogen and oxygen atoms in total. The smallest absolute Gasteiger partial charge is 0.219 e. The first-order valence-corrected chi connectivity index (χ1v) is 10.4. The summed E-state index contributed by atoms with van der Waals surface area (Å²) in [6.45, 7) is 0. The molecule has 0 spiro atoms. The van der Waals surface area contributed by atoms with Crippen LogP contribution in [0.4, 0.5) is 0 Å². The van der Waals surface area contributed by atoms with Crippen molar-refractivity contribution in [2.24, 2.45) is 0 Å². The van der Waals surface area contributed by atoms with E-state index in [1.807, 2.05) is 30.3 Å². The molecule has 0 unspecified atom stereocenters. The van der Waals surface area contributed by atoms with E-state index in [9.17, 15) is 5.11 Å². The van der Waals surface area contributed by atoms with Crippen molar-refractivity contribution in [2.45, 2.75) is 0 Å². The van der Waals surface area contributed by atoms with Gasteiger partial charge in [-0.1, -0.05) is 72.8 Å². The average molecular weight is 527 g/mol. The van der Waals surface area contributed by atoms with Gasteiger partial charge in [0.2, 0.25) is 17.1 Å². The molecule has 0 aliphatic carbocycles. The fourth-order valence-electron chi connectivity index (χ4n) is 3.95. The summed E-state index contributed by atoms with van der Waals surface area (Å²) in [5.74, 6) is 0.246. The first-order chi connectivity index (χ1) is 15.3. The monoisotopic (exact) mass is 527 g/mol. The van der Waals surface area contributed by atoms with Crippen molar-refractivity contribution in [1.82, 2.24) is 0 Å². The van der Waals surface area contributed by atoms with Gasteiger partial charge in [-0.05, 0) is 41.5 Å². The normalized spacial score (nSPS) is 10.4. The van der Waals surface area contributed by atoms with Crippen LogP contribution >= 0.6 is 0 Å². The van der Waals surface area contributed by atoms with E-state index in [0.717, 1.165) is 33.8 Å². The third-order valence-electron chi connectivity index (χ3n) is 5.40. The highest BCUT2D eigenvalue weighted by Gasteiger charge is 2.25. The van der Waals surface area contributed by atoms with Crippen LogP contribution in [-0.2, 0) is 0 Å². The molecular formula is C29H22INO. The molecule has 32 heavy (non-hydrogen) atoms. The molecule has 1 N–H and O–H groups in total. The Morgan fingerprint density at radius 1 is 0.438 bits per heavy atom. The molecular weight excluding hydrogens is 505 g/mol. The lowest BCUT2D eigenvalue weighted by Gasteiger charge is -2.12. The van der Waals surface area contributed by atoms with Gasteiger partial charge in [-0.15, -0.1) is 0 Å². The Morgan fingerprint density at radius 2 is 0.906 bits per heavy atom. The molecule has 0 saturated carbocycles.